The van der Waals surface area contributed by atoms with Crippen LogP contribution < -0.4 is 5.14 Å². The van der Waals surface area contributed by atoms with Gasteiger partial charge in [-0.1, -0.05) is 11.6 Å². The maximum atomic E-state index is 12.2. The zero-order chi connectivity index (χ0) is 14.2. The van der Waals surface area contributed by atoms with Gasteiger partial charge in [0, 0.05) is 13.6 Å². The van der Waals surface area contributed by atoms with E-state index in [0.717, 1.165) is 12.8 Å². The number of sulfonamides is 1. The van der Waals surface area contributed by atoms with Gasteiger partial charge in [0.05, 0.1) is 15.5 Å². The number of benzene rings is 1. The Hall–Kier alpha value is -1.11. The Labute approximate surface area is 117 Å². The van der Waals surface area contributed by atoms with Crippen LogP contribution >= 0.6 is 11.6 Å². The molecule has 0 radical (unpaired) electrons. The van der Waals surface area contributed by atoms with Crippen LogP contribution in [0.1, 0.15) is 23.2 Å². The lowest BCUT2D eigenvalue weighted by atomic mass is 10.2. The van der Waals surface area contributed by atoms with Gasteiger partial charge in [-0.2, -0.15) is 0 Å². The summed E-state index contributed by atoms with van der Waals surface area (Å²) >= 11 is 5.95. The fourth-order valence-electron chi connectivity index (χ4n) is 1.82. The van der Waals surface area contributed by atoms with Crippen LogP contribution in [0.2, 0.25) is 5.02 Å². The summed E-state index contributed by atoms with van der Waals surface area (Å²) in [5, 5.41) is 5.27. The summed E-state index contributed by atoms with van der Waals surface area (Å²) in [6.45, 7) is 0.661. The van der Waals surface area contributed by atoms with Gasteiger partial charge in [0.15, 0.2) is 0 Å². The molecule has 0 aliphatic heterocycles. The van der Waals surface area contributed by atoms with Crippen LogP contribution in [-0.2, 0) is 10.0 Å². The predicted octanol–water partition coefficient (Wildman–Crippen LogP) is 1.47. The Balaban J connectivity index is 2.29. The Morgan fingerprint density at radius 3 is 2.63 bits per heavy atom. The highest BCUT2D eigenvalue weighted by molar-refractivity contribution is 7.89. The van der Waals surface area contributed by atoms with Crippen molar-refractivity contribution in [1.82, 2.24) is 4.90 Å². The minimum atomic E-state index is -3.84. The standard InChI is InChI=1S/C12H15ClN2O3S/c1-15(7-8-2-3-8)12(16)10-6-9(19(14,17)18)4-5-11(10)13/h4-6,8H,2-3,7H2,1H3,(H2,14,17,18). The molecule has 0 unspecified atom stereocenters. The molecule has 2 N–H and O–H groups in total. The molecule has 19 heavy (non-hydrogen) atoms. The van der Waals surface area contributed by atoms with E-state index in [9.17, 15) is 13.2 Å². The molecule has 1 fully saturated rings. The highest BCUT2D eigenvalue weighted by Crippen LogP contribution is 2.30. The van der Waals surface area contributed by atoms with Crippen LogP contribution in [0.15, 0.2) is 23.1 Å². The molecule has 0 atom stereocenters. The number of primary sulfonamides is 1. The van der Waals surface area contributed by atoms with E-state index in [2.05, 4.69) is 0 Å². The minimum absolute atomic E-state index is 0.111. The summed E-state index contributed by atoms with van der Waals surface area (Å²) in [5.74, 6) is 0.261. The molecule has 2 rings (SSSR count). The molecule has 104 valence electrons. The van der Waals surface area contributed by atoms with Crippen molar-refractivity contribution >= 4 is 27.5 Å². The molecule has 0 heterocycles. The Morgan fingerprint density at radius 2 is 2.11 bits per heavy atom. The SMILES string of the molecule is CN(CC1CC1)C(=O)c1cc(S(N)(=O)=O)ccc1Cl. The summed E-state index contributed by atoms with van der Waals surface area (Å²) in [7, 11) is -2.16. The third-order valence-corrected chi connectivity index (χ3v) is 4.31. The first-order valence-corrected chi connectivity index (χ1v) is 7.79. The lowest BCUT2D eigenvalue weighted by Crippen LogP contribution is -2.29. The molecule has 1 amide bonds. The van der Waals surface area contributed by atoms with E-state index < -0.39 is 10.0 Å². The minimum Gasteiger partial charge on any atom is -0.341 e. The zero-order valence-electron chi connectivity index (χ0n) is 10.5. The van der Waals surface area contributed by atoms with Gasteiger partial charge in [-0.15, -0.1) is 0 Å². The van der Waals surface area contributed by atoms with Gasteiger partial charge in [0.2, 0.25) is 10.0 Å². The van der Waals surface area contributed by atoms with Crippen molar-refractivity contribution in [2.24, 2.45) is 11.1 Å². The molecule has 1 aromatic rings. The molecule has 5 nitrogen and oxygen atoms in total. The fraction of sp³-hybridized carbons (Fsp3) is 0.417. The quantitative estimate of drug-likeness (QED) is 0.914. The van der Waals surface area contributed by atoms with Crippen molar-refractivity contribution in [2.75, 3.05) is 13.6 Å². The second kappa shape index (κ2) is 5.11. The second-order valence-electron chi connectivity index (χ2n) is 4.82. The Bertz CT molecular complexity index is 611. The Morgan fingerprint density at radius 1 is 1.47 bits per heavy atom. The van der Waals surface area contributed by atoms with Gasteiger partial charge in [-0.05, 0) is 37.0 Å². The maximum absolute atomic E-state index is 12.2. The first-order valence-electron chi connectivity index (χ1n) is 5.87. The number of halogens is 1. The van der Waals surface area contributed by atoms with Crippen LogP contribution in [0.25, 0.3) is 0 Å². The van der Waals surface area contributed by atoms with E-state index in [1.165, 1.54) is 18.2 Å². The normalized spacial score (nSPS) is 15.3. The van der Waals surface area contributed by atoms with Crippen molar-refractivity contribution in [3.8, 4) is 0 Å². The summed E-state index contributed by atoms with van der Waals surface area (Å²) in [6.07, 6.45) is 2.26. The first-order chi connectivity index (χ1) is 8.79. The number of hydrogen-bond acceptors (Lipinski definition) is 3. The van der Waals surface area contributed by atoms with Gasteiger partial charge in [-0.25, -0.2) is 13.6 Å². The van der Waals surface area contributed by atoms with Crippen molar-refractivity contribution < 1.29 is 13.2 Å². The van der Waals surface area contributed by atoms with E-state index in [1.807, 2.05) is 0 Å². The second-order valence-corrected chi connectivity index (χ2v) is 6.78. The average molecular weight is 303 g/mol. The van der Waals surface area contributed by atoms with E-state index in [-0.39, 0.29) is 21.4 Å². The number of carbonyl (C=O) groups excluding carboxylic acids is 1. The van der Waals surface area contributed by atoms with Crippen LogP contribution in [0.3, 0.4) is 0 Å². The number of amides is 1. The number of nitrogens with two attached hydrogens (primary N) is 1. The molecular weight excluding hydrogens is 288 g/mol. The van der Waals surface area contributed by atoms with Crippen LogP contribution in [0.5, 0.6) is 0 Å². The van der Waals surface area contributed by atoms with Crippen molar-refractivity contribution in [3.63, 3.8) is 0 Å². The van der Waals surface area contributed by atoms with E-state index in [1.54, 1.807) is 11.9 Å². The lowest BCUT2D eigenvalue weighted by Gasteiger charge is -2.17. The number of rotatable bonds is 4. The molecule has 7 heteroatoms. The molecule has 0 bridgehead atoms. The summed E-state index contributed by atoms with van der Waals surface area (Å²) in [4.78, 5) is 13.7. The van der Waals surface area contributed by atoms with Gasteiger partial charge in [0.1, 0.15) is 0 Å². The lowest BCUT2D eigenvalue weighted by molar-refractivity contribution is 0.0788. The number of hydrogen-bond donors (Lipinski definition) is 1. The van der Waals surface area contributed by atoms with Gasteiger partial charge < -0.3 is 4.90 Å². The molecule has 0 aromatic heterocycles. The molecular formula is C12H15ClN2O3S. The monoisotopic (exact) mass is 302 g/mol. The smallest absolute Gasteiger partial charge is 0.255 e. The molecule has 1 aliphatic rings. The summed E-state index contributed by atoms with van der Waals surface area (Å²) < 4.78 is 22.6. The molecule has 0 spiro atoms. The molecule has 0 saturated heterocycles. The van der Waals surface area contributed by atoms with Crippen LogP contribution in [-0.4, -0.2) is 32.8 Å². The van der Waals surface area contributed by atoms with E-state index >= 15 is 0 Å². The van der Waals surface area contributed by atoms with Crippen LogP contribution in [0, 0.1) is 5.92 Å². The molecule has 1 saturated carbocycles. The molecule has 1 aromatic carbocycles. The first kappa shape index (κ1) is 14.3. The molecule has 1 aliphatic carbocycles. The third kappa shape index (κ3) is 3.46. The fourth-order valence-corrected chi connectivity index (χ4v) is 2.56. The van der Waals surface area contributed by atoms with E-state index in [0.29, 0.717) is 12.5 Å². The Kier molecular flexibility index (Phi) is 3.85. The van der Waals surface area contributed by atoms with Crippen LogP contribution in [0.4, 0.5) is 0 Å². The van der Waals surface area contributed by atoms with Crippen molar-refractivity contribution in [2.45, 2.75) is 17.7 Å². The highest BCUT2D eigenvalue weighted by atomic mass is 35.5. The van der Waals surface area contributed by atoms with Gasteiger partial charge >= 0.3 is 0 Å². The van der Waals surface area contributed by atoms with Gasteiger partial charge in [0.25, 0.3) is 5.91 Å². The topological polar surface area (TPSA) is 80.5 Å². The predicted molar refractivity (Wildman–Crippen MR) is 72.5 cm³/mol. The summed E-state index contributed by atoms with van der Waals surface area (Å²) in [5.41, 5.74) is 0.163. The van der Waals surface area contributed by atoms with Gasteiger partial charge in [-0.3, -0.25) is 4.79 Å². The number of nitrogens with zero attached hydrogens (tertiary/aromatic N) is 1. The van der Waals surface area contributed by atoms with Crippen molar-refractivity contribution in [1.29, 1.82) is 0 Å². The number of carbonyl (C=O) groups is 1. The third-order valence-electron chi connectivity index (χ3n) is 3.07. The van der Waals surface area contributed by atoms with Crippen molar-refractivity contribution in [3.05, 3.63) is 28.8 Å². The highest BCUT2D eigenvalue weighted by Gasteiger charge is 2.26. The largest absolute Gasteiger partial charge is 0.341 e. The average Bonchev–Trinajstić information content (AvgIpc) is 3.11. The maximum Gasteiger partial charge on any atom is 0.255 e. The summed E-state index contributed by atoms with van der Waals surface area (Å²) in [6, 6.07) is 3.89. The zero-order valence-corrected chi connectivity index (χ0v) is 12.0. The van der Waals surface area contributed by atoms with E-state index in [4.69, 9.17) is 16.7 Å².